The Morgan fingerprint density at radius 1 is 1.39 bits per heavy atom. The Balaban J connectivity index is 1.90. The molecular formula is C13H15N3O2. The van der Waals surface area contributed by atoms with Crippen molar-refractivity contribution in [1.82, 2.24) is 9.78 Å². The first-order valence-electron chi connectivity index (χ1n) is 5.78. The molecule has 0 aliphatic rings. The number of rotatable bonds is 5. The van der Waals surface area contributed by atoms with E-state index in [4.69, 9.17) is 4.74 Å². The minimum Gasteiger partial charge on any atom is -0.494 e. The number of amides is 1. The van der Waals surface area contributed by atoms with Crippen molar-refractivity contribution in [2.45, 2.75) is 13.5 Å². The molecule has 0 unspecified atom stereocenters. The highest BCUT2D eigenvalue weighted by atomic mass is 16.5. The molecule has 1 N–H and O–H groups in total. The summed E-state index contributed by atoms with van der Waals surface area (Å²) in [6.07, 6.45) is 3.39. The van der Waals surface area contributed by atoms with Crippen molar-refractivity contribution in [3.05, 3.63) is 42.7 Å². The molecule has 0 radical (unpaired) electrons. The summed E-state index contributed by atoms with van der Waals surface area (Å²) >= 11 is 0. The summed E-state index contributed by atoms with van der Waals surface area (Å²) in [5, 5.41) is 6.77. The van der Waals surface area contributed by atoms with Gasteiger partial charge in [0.1, 0.15) is 12.3 Å². The molecule has 0 saturated carbocycles. The van der Waals surface area contributed by atoms with Crippen molar-refractivity contribution in [2.75, 3.05) is 11.9 Å². The van der Waals surface area contributed by atoms with Crippen LogP contribution in [0, 0.1) is 0 Å². The van der Waals surface area contributed by atoms with E-state index in [-0.39, 0.29) is 12.5 Å². The first-order valence-corrected chi connectivity index (χ1v) is 5.78. The van der Waals surface area contributed by atoms with Gasteiger partial charge in [-0.3, -0.25) is 9.48 Å². The quantitative estimate of drug-likeness (QED) is 0.875. The second-order valence-corrected chi connectivity index (χ2v) is 3.71. The molecule has 0 aliphatic heterocycles. The Kier molecular flexibility index (Phi) is 3.96. The second kappa shape index (κ2) is 5.86. The summed E-state index contributed by atoms with van der Waals surface area (Å²) in [4.78, 5) is 11.7. The van der Waals surface area contributed by atoms with Crippen LogP contribution in [0.25, 0.3) is 0 Å². The average molecular weight is 245 g/mol. The van der Waals surface area contributed by atoms with Crippen molar-refractivity contribution in [2.24, 2.45) is 0 Å². The summed E-state index contributed by atoms with van der Waals surface area (Å²) in [5.41, 5.74) is 0.746. The second-order valence-electron chi connectivity index (χ2n) is 3.71. The maximum Gasteiger partial charge on any atom is 0.246 e. The number of anilines is 1. The molecule has 0 spiro atoms. The van der Waals surface area contributed by atoms with E-state index in [0.717, 1.165) is 11.4 Å². The van der Waals surface area contributed by atoms with Gasteiger partial charge in [-0.05, 0) is 37.3 Å². The van der Waals surface area contributed by atoms with E-state index in [9.17, 15) is 4.79 Å². The van der Waals surface area contributed by atoms with Crippen LogP contribution in [0.1, 0.15) is 6.92 Å². The number of hydrogen-bond donors (Lipinski definition) is 1. The highest BCUT2D eigenvalue weighted by molar-refractivity contribution is 5.90. The molecule has 2 aromatic rings. The maximum atomic E-state index is 11.7. The lowest BCUT2D eigenvalue weighted by atomic mass is 10.3. The first kappa shape index (κ1) is 12.2. The first-order chi connectivity index (χ1) is 8.78. The van der Waals surface area contributed by atoms with Gasteiger partial charge in [0, 0.05) is 18.1 Å². The van der Waals surface area contributed by atoms with Gasteiger partial charge in [-0.15, -0.1) is 0 Å². The molecule has 0 fully saturated rings. The van der Waals surface area contributed by atoms with Crippen molar-refractivity contribution in [3.63, 3.8) is 0 Å². The molecule has 1 aromatic heterocycles. The highest BCUT2D eigenvalue weighted by Gasteiger charge is 2.03. The molecule has 94 valence electrons. The van der Waals surface area contributed by atoms with Gasteiger partial charge in [0.05, 0.1) is 6.61 Å². The van der Waals surface area contributed by atoms with Crippen LogP contribution in [0.5, 0.6) is 5.75 Å². The zero-order chi connectivity index (χ0) is 12.8. The minimum atomic E-state index is -0.108. The van der Waals surface area contributed by atoms with Crippen LogP contribution in [0.15, 0.2) is 42.7 Å². The number of nitrogens with one attached hydrogen (secondary N) is 1. The molecule has 1 heterocycles. The van der Waals surface area contributed by atoms with Gasteiger partial charge in [-0.25, -0.2) is 0 Å². The normalized spacial score (nSPS) is 10.1. The number of aromatic nitrogens is 2. The van der Waals surface area contributed by atoms with Gasteiger partial charge in [-0.1, -0.05) is 0 Å². The van der Waals surface area contributed by atoms with E-state index in [1.54, 1.807) is 23.1 Å². The van der Waals surface area contributed by atoms with Crippen LogP contribution < -0.4 is 10.1 Å². The number of benzene rings is 1. The van der Waals surface area contributed by atoms with Gasteiger partial charge < -0.3 is 10.1 Å². The summed E-state index contributed by atoms with van der Waals surface area (Å²) < 4.78 is 6.90. The van der Waals surface area contributed by atoms with Crippen LogP contribution in [-0.2, 0) is 11.3 Å². The van der Waals surface area contributed by atoms with Crippen LogP contribution in [-0.4, -0.2) is 22.3 Å². The third kappa shape index (κ3) is 3.35. The van der Waals surface area contributed by atoms with Gasteiger partial charge in [0.2, 0.25) is 5.91 Å². The SMILES string of the molecule is CCOc1ccc(NC(=O)Cn2cccn2)cc1. The Bertz CT molecular complexity index is 491. The molecule has 18 heavy (non-hydrogen) atoms. The highest BCUT2D eigenvalue weighted by Crippen LogP contribution is 2.15. The van der Waals surface area contributed by atoms with E-state index in [2.05, 4.69) is 10.4 Å². The molecule has 0 aliphatic carbocycles. The monoisotopic (exact) mass is 245 g/mol. The van der Waals surface area contributed by atoms with Crippen LogP contribution >= 0.6 is 0 Å². The lowest BCUT2D eigenvalue weighted by Gasteiger charge is -2.07. The fourth-order valence-corrected chi connectivity index (χ4v) is 1.54. The topological polar surface area (TPSA) is 56.1 Å². The van der Waals surface area contributed by atoms with Gasteiger partial charge >= 0.3 is 0 Å². The smallest absolute Gasteiger partial charge is 0.246 e. The molecule has 0 saturated heterocycles. The lowest BCUT2D eigenvalue weighted by molar-refractivity contribution is -0.116. The fourth-order valence-electron chi connectivity index (χ4n) is 1.54. The minimum absolute atomic E-state index is 0.108. The molecule has 0 bridgehead atoms. The van der Waals surface area contributed by atoms with Crippen LogP contribution in [0.2, 0.25) is 0 Å². The standard InChI is InChI=1S/C13H15N3O2/c1-2-18-12-6-4-11(5-7-12)15-13(17)10-16-9-3-8-14-16/h3-9H,2,10H2,1H3,(H,15,17). The molecule has 1 amide bonds. The third-order valence-electron chi connectivity index (χ3n) is 2.31. The largest absolute Gasteiger partial charge is 0.494 e. The zero-order valence-electron chi connectivity index (χ0n) is 10.2. The predicted octanol–water partition coefficient (Wildman–Crippen LogP) is 1.92. The Labute approximate surface area is 105 Å². The Morgan fingerprint density at radius 2 is 2.17 bits per heavy atom. The van der Waals surface area contributed by atoms with E-state index in [0.29, 0.717) is 6.61 Å². The van der Waals surface area contributed by atoms with Crippen LogP contribution in [0.3, 0.4) is 0 Å². The molecule has 1 aromatic carbocycles. The number of ether oxygens (including phenoxy) is 1. The number of carbonyl (C=O) groups excluding carboxylic acids is 1. The number of nitrogens with zero attached hydrogens (tertiary/aromatic N) is 2. The molecule has 5 nitrogen and oxygen atoms in total. The Hall–Kier alpha value is -2.30. The summed E-state index contributed by atoms with van der Waals surface area (Å²) in [6.45, 7) is 2.77. The van der Waals surface area contributed by atoms with Crippen molar-refractivity contribution in [3.8, 4) is 5.75 Å². The third-order valence-corrected chi connectivity index (χ3v) is 2.31. The van der Waals surface area contributed by atoms with Gasteiger partial charge in [-0.2, -0.15) is 5.10 Å². The average Bonchev–Trinajstić information content (AvgIpc) is 2.84. The summed E-state index contributed by atoms with van der Waals surface area (Å²) in [5.74, 6) is 0.686. The predicted molar refractivity (Wildman–Crippen MR) is 68.5 cm³/mol. The van der Waals surface area contributed by atoms with E-state index < -0.39 is 0 Å². The lowest BCUT2D eigenvalue weighted by Crippen LogP contribution is -2.18. The van der Waals surface area contributed by atoms with E-state index in [1.807, 2.05) is 31.2 Å². The van der Waals surface area contributed by atoms with Gasteiger partial charge in [0.15, 0.2) is 0 Å². The molecule has 5 heteroatoms. The number of hydrogen-bond acceptors (Lipinski definition) is 3. The Morgan fingerprint density at radius 3 is 2.78 bits per heavy atom. The summed E-state index contributed by atoms with van der Waals surface area (Å²) in [6, 6.07) is 9.06. The van der Waals surface area contributed by atoms with Crippen molar-refractivity contribution >= 4 is 11.6 Å². The van der Waals surface area contributed by atoms with E-state index >= 15 is 0 Å². The van der Waals surface area contributed by atoms with Crippen LogP contribution in [0.4, 0.5) is 5.69 Å². The van der Waals surface area contributed by atoms with Crippen molar-refractivity contribution in [1.29, 1.82) is 0 Å². The molecule has 2 rings (SSSR count). The summed E-state index contributed by atoms with van der Waals surface area (Å²) in [7, 11) is 0. The maximum absolute atomic E-state index is 11.7. The fraction of sp³-hybridized carbons (Fsp3) is 0.231. The molecule has 0 atom stereocenters. The van der Waals surface area contributed by atoms with Crippen molar-refractivity contribution < 1.29 is 9.53 Å². The number of carbonyl (C=O) groups is 1. The zero-order valence-corrected chi connectivity index (χ0v) is 10.2. The van der Waals surface area contributed by atoms with Gasteiger partial charge in [0.25, 0.3) is 0 Å². The van der Waals surface area contributed by atoms with E-state index in [1.165, 1.54) is 0 Å². The molecular weight excluding hydrogens is 230 g/mol.